The summed E-state index contributed by atoms with van der Waals surface area (Å²) < 4.78 is 10.4. The second-order valence-corrected chi connectivity index (χ2v) is 12.7. The van der Waals surface area contributed by atoms with E-state index in [4.69, 9.17) is 9.47 Å². The van der Waals surface area contributed by atoms with Gasteiger partial charge in [0.2, 0.25) is 5.91 Å². The number of esters is 2. The highest BCUT2D eigenvalue weighted by Crippen LogP contribution is 2.30. The fourth-order valence-corrected chi connectivity index (χ4v) is 6.61. The van der Waals surface area contributed by atoms with Gasteiger partial charge in [-0.1, -0.05) is 48.5 Å². The first-order valence-corrected chi connectivity index (χ1v) is 17.4. The number of nitrogens with zero attached hydrogens (tertiary/aromatic N) is 2. The average molecular weight is 704 g/mol. The number of fused-ring (bicyclic) bond motifs is 4. The highest BCUT2D eigenvalue weighted by atomic mass is 16.5. The Balaban J connectivity index is 1.20. The molecule has 4 aromatic carbocycles. The van der Waals surface area contributed by atoms with E-state index in [1.165, 1.54) is 4.90 Å². The van der Waals surface area contributed by atoms with Crippen molar-refractivity contribution >= 4 is 51.1 Å². The van der Waals surface area contributed by atoms with Gasteiger partial charge < -0.3 is 30.0 Å². The zero-order chi connectivity index (χ0) is 36.8. The number of hydrogen-bond acceptors (Lipinski definition) is 9. The highest BCUT2D eigenvalue weighted by Gasteiger charge is 2.38. The van der Waals surface area contributed by atoms with E-state index in [-0.39, 0.29) is 50.5 Å². The Bertz CT molecular complexity index is 2200. The van der Waals surface area contributed by atoms with Crippen molar-refractivity contribution in [1.82, 2.24) is 20.2 Å². The van der Waals surface area contributed by atoms with Crippen molar-refractivity contribution in [1.29, 1.82) is 0 Å². The number of benzene rings is 4. The normalized spacial score (nSPS) is 13.4. The fraction of sp³-hybridized carbons (Fsp3) is 0.300. The molecule has 268 valence electrons. The van der Waals surface area contributed by atoms with Crippen LogP contribution in [-0.4, -0.2) is 63.9 Å². The number of nitrogens with one attached hydrogen (secondary N) is 3. The lowest BCUT2D eigenvalue weighted by Crippen LogP contribution is -2.52. The fourth-order valence-electron chi connectivity index (χ4n) is 6.61. The molecular weight excluding hydrogens is 662 g/mol. The van der Waals surface area contributed by atoms with E-state index >= 15 is 0 Å². The number of aromatic nitrogens is 2. The molecule has 1 aliphatic heterocycles. The molecule has 0 spiro atoms. The molecule has 0 radical (unpaired) electrons. The number of H-pyrrole nitrogens is 1. The van der Waals surface area contributed by atoms with Gasteiger partial charge in [0.25, 0.3) is 11.5 Å². The highest BCUT2D eigenvalue weighted by molar-refractivity contribution is 6.06. The molecular formula is C40H41N5O7. The molecule has 5 aromatic rings. The van der Waals surface area contributed by atoms with Crippen LogP contribution in [0.15, 0.2) is 83.7 Å². The maximum absolute atomic E-state index is 13.9. The van der Waals surface area contributed by atoms with Crippen LogP contribution in [0, 0.1) is 6.92 Å². The molecule has 2 amide bonds. The summed E-state index contributed by atoms with van der Waals surface area (Å²) in [4.78, 5) is 74.6. The van der Waals surface area contributed by atoms with E-state index in [1.54, 1.807) is 32.9 Å². The van der Waals surface area contributed by atoms with Gasteiger partial charge in [-0.25, -0.2) is 9.78 Å². The molecule has 0 unspecified atom stereocenters. The van der Waals surface area contributed by atoms with Crippen LogP contribution in [0.5, 0.6) is 0 Å². The van der Waals surface area contributed by atoms with Crippen molar-refractivity contribution in [2.75, 3.05) is 18.5 Å². The van der Waals surface area contributed by atoms with Gasteiger partial charge in [-0.05, 0) is 85.0 Å². The second kappa shape index (κ2) is 15.9. The van der Waals surface area contributed by atoms with Gasteiger partial charge in [0.05, 0.1) is 24.1 Å². The summed E-state index contributed by atoms with van der Waals surface area (Å²) in [6.45, 7) is 6.04. The van der Waals surface area contributed by atoms with E-state index in [0.717, 1.165) is 27.6 Å². The first-order valence-electron chi connectivity index (χ1n) is 17.4. The van der Waals surface area contributed by atoms with Crippen LogP contribution >= 0.6 is 0 Å². The molecule has 2 heterocycles. The number of carbonyl (C=O) groups excluding carboxylic acids is 4. The number of aromatic amines is 1. The van der Waals surface area contributed by atoms with E-state index in [1.807, 2.05) is 66.7 Å². The molecule has 3 N–H and O–H groups in total. The van der Waals surface area contributed by atoms with Crippen LogP contribution in [0.4, 0.5) is 5.69 Å². The summed E-state index contributed by atoms with van der Waals surface area (Å²) >= 11 is 0. The van der Waals surface area contributed by atoms with Crippen molar-refractivity contribution in [2.24, 2.45) is 0 Å². The smallest absolute Gasteiger partial charge is 0.328 e. The Morgan fingerprint density at radius 2 is 1.69 bits per heavy atom. The molecule has 6 rings (SSSR count). The quantitative estimate of drug-likeness (QED) is 0.107. The van der Waals surface area contributed by atoms with E-state index in [0.29, 0.717) is 34.4 Å². The molecule has 12 heteroatoms. The van der Waals surface area contributed by atoms with Crippen LogP contribution in [0.25, 0.3) is 21.7 Å². The predicted octanol–water partition coefficient (Wildman–Crippen LogP) is 4.96. The van der Waals surface area contributed by atoms with Gasteiger partial charge >= 0.3 is 11.9 Å². The summed E-state index contributed by atoms with van der Waals surface area (Å²) in [7, 11) is 0. The third-order valence-electron chi connectivity index (χ3n) is 9.08. The average Bonchev–Trinajstić information content (AvgIpc) is 3.45. The zero-order valence-corrected chi connectivity index (χ0v) is 29.4. The molecule has 12 nitrogen and oxygen atoms in total. The maximum Gasteiger partial charge on any atom is 0.328 e. The largest absolute Gasteiger partial charge is 0.466 e. The molecule has 1 aliphatic rings. The van der Waals surface area contributed by atoms with Crippen molar-refractivity contribution in [2.45, 2.75) is 65.2 Å². The summed E-state index contributed by atoms with van der Waals surface area (Å²) in [5, 5.41) is 8.50. The monoisotopic (exact) mass is 703 g/mol. The first kappa shape index (κ1) is 35.8. The van der Waals surface area contributed by atoms with Crippen molar-refractivity contribution in [3.05, 3.63) is 117 Å². The molecule has 0 aliphatic carbocycles. The van der Waals surface area contributed by atoms with E-state index in [9.17, 15) is 24.0 Å². The minimum atomic E-state index is -1.05. The Hall–Kier alpha value is -6.04. The molecule has 0 saturated heterocycles. The first-order chi connectivity index (χ1) is 25.1. The molecule has 2 atom stereocenters. The lowest BCUT2D eigenvalue weighted by atomic mass is 10.0. The summed E-state index contributed by atoms with van der Waals surface area (Å²) in [6.07, 6.45) is 0.106. The zero-order valence-electron chi connectivity index (χ0n) is 29.4. The third-order valence-corrected chi connectivity index (χ3v) is 9.08. The summed E-state index contributed by atoms with van der Waals surface area (Å²) in [6, 6.07) is 22.3. The van der Waals surface area contributed by atoms with Crippen molar-refractivity contribution < 1.29 is 28.7 Å². The van der Waals surface area contributed by atoms with Crippen LogP contribution in [0.1, 0.15) is 59.6 Å². The Labute approximate surface area is 300 Å². The topological polar surface area (TPSA) is 160 Å². The molecule has 0 fully saturated rings. The van der Waals surface area contributed by atoms with Crippen LogP contribution in [0.3, 0.4) is 0 Å². The summed E-state index contributed by atoms with van der Waals surface area (Å²) in [5.74, 6) is -1.44. The van der Waals surface area contributed by atoms with E-state index in [2.05, 4.69) is 20.6 Å². The Morgan fingerprint density at radius 3 is 2.46 bits per heavy atom. The van der Waals surface area contributed by atoms with Gasteiger partial charge in [0.15, 0.2) is 0 Å². The minimum Gasteiger partial charge on any atom is -0.466 e. The van der Waals surface area contributed by atoms with Gasteiger partial charge in [-0.2, -0.15) is 0 Å². The number of amides is 2. The van der Waals surface area contributed by atoms with Crippen LogP contribution in [0.2, 0.25) is 0 Å². The number of rotatable bonds is 14. The number of aryl methyl sites for hydroxylation is 1. The standard InChI is InChI=1S/C40H41N5O7/c1-4-51-35(46)18-17-34(37(47)44-33(40(50)52-5-2)20-25-9-7-6-8-10-25)45-23-28-21-29(14-15-30(28)39(45)49)41-22-26-11-12-27-13-16-32-36(31(27)19-26)38(48)43-24(3)42-32/h6-16,19,21,33-34,41H,4-5,17-18,20,22-23H2,1-3H3,(H,44,47)(H,42,43,48)/t33-,34-/m0/s1. The lowest BCUT2D eigenvalue weighted by molar-refractivity contribution is -0.148. The SMILES string of the molecule is CCOC(=O)CC[C@@H](C(=O)N[C@@H](Cc1ccccc1)C(=O)OCC)N1Cc2cc(NCc3ccc4ccc5nc(C)[nH]c(=O)c5c4c3)ccc2C1=O. The van der Waals surface area contributed by atoms with Crippen LogP contribution in [-0.2, 0) is 43.4 Å². The third kappa shape index (κ3) is 7.96. The maximum atomic E-state index is 13.9. The van der Waals surface area contributed by atoms with Crippen molar-refractivity contribution in [3.63, 3.8) is 0 Å². The molecule has 52 heavy (non-hydrogen) atoms. The van der Waals surface area contributed by atoms with Gasteiger partial charge in [-0.3, -0.25) is 19.2 Å². The number of ether oxygens (including phenoxy) is 2. The number of hydrogen-bond donors (Lipinski definition) is 3. The predicted molar refractivity (Wildman–Crippen MR) is 197 cm³/mol. The molecule has 0 bridgehead atoms. The number of carbonyl (C=O) groups is 4. The minimum absolute atomic E-state index is 0.00491. The van der Waals surface area contributed by atoms with Gasteiger partial charge in [0, 0.05) is 37.2 Å². The Morgan fingerprint density at radius 1 is 0.923 bits per heavy atom. The molecule has 0 saturated carbocycles. The van der Waals surface area contributed by atoms with Crippen molar-refractivity contribution in [3.8, 4) is 0 Å². The van der Waals surface area contributed by atoms with E-state index < -0.39 is 29.9 Å². The number of anilines is 1. The Kier molecular flexibility index (Phi) is 10.9. The lowest BCUT2D eigenvalue weighted by Gasteiger charge is -2.28. The van der Waals surface area contributed by atoms with Gasteiger partial charge in [0.1, 0.15) is 17.9 Å². The molecule has 1 aromatic heterocycles. The van der Waals surface area contributed by atoms with Crippen LogP contribution < -0.4 is 16.2 Å². The second-order valence-electron chi connectivity index (χ2n) is 12.7. The summed E-state index contributed by atoms with van der Waals surface area (Å²) in [5.41, 5.74) is 4.14. The van der Waals surface area contributed by atoms with Gasteiger partial charge in [-0.15, -0.1) is 0 Å².